The van der Waals surface area contributed by atoms with E-state index in [0.717, 1.165) is 48.5 Å². The van der Waals surface area contributed by atoms with Crippen LogP contribution in [0.4, 0.5) is 0 Å². The van der Waals surface area contributed by atoms with E-state index in [0.29, 0.717) is 6.54 Å². The van der Waals surface area contributed by atoms with Gasteiger partial charge in [0.2, 0.25) is 5.91 Å². The van der Waals surface area contributed by atoms with Gasteiger partial charge in [0, 0.05) is 36.3 Å². The van der Waals surface area contributed by atoms with Crippen LogP contribution >= 0.6 is 23.7 Å². The lowest BCUT2D eigenvalue weighted by atomic mass is 10.2. The van der Waals surface area contributed by atoms with Crippen LogP contribution < -0.4 is 10.6 Å². The maximum atomic E-state index is 11.9. The zero-order chi connectivity index (χ0) is 15.2. The first-order valence-corrected chi connectivity index (χ1v) is 8.57. The number of aromatic nitrogens is 2. The number of aryl methyl sites for hydroxylation is 1. The predicted octanol–water partition coefficient (Wildman–Crippen LogP) is 2.43. The van der Waals surface area contributed by atoms with Crippen LogP contribution in [0.1, 0.15) is 24.3 Å². The quantitative estimate of drug-likeness (QED) is 0.783. The summed E-state index contributed by atoms with van der Waals surface area (Å²) < 4.78 is 0. The number of amides is 1. The summed E-state index contributed by atoms with van der Waals surface area (Å²) in [6.07, 6.45) is 7.42. The Morgan fingerprint density at radius 2 is 2.22 bits per heavy atom. The lowest BCUT2D eigenvalue weighted by molar-refractivity contribution is -0.122. The molecule has 3 rings (SSSR count). The maximum absolute atomic E-state index is 11.9. The van der Waals surface area contributed by atoms with E-state index in [-0.39, 0.29) is 24.4 Å². The van der Waals surface area contributed by atoms with Gasteiger partial charge in [0.05, 0.1) is 16.7 Å². The minimum atomic E-state index is 0. The maximum Gasteiger partial charge on any atom is 0.237 e. The van der Waals surface area contributed by atoms with E-state index < -0.39 is 0 Å². The SMILES string of the molecule is Cl.O=C(NCCCc1nc(-c2ccncc2)cs1)[C@@H]1CCCN1. The lowest BCUT2D eigenvalue weighted by Gasteiger charge is -2.10. The molecule has 0 saturated carbocycles. The van der Waals surface area contributed by atoms with Gasteiger partial charge < -0.3 is 10.6 Å². The summed E-state index contributed by atoms with van der Waals surface area (Å²) in [5.74, 6) is 0.133. The van der Waals surface area contributed by atoms with Crippen molar-refractivity contribution < 1.29 is 4.79 Å². The van der Waals surface area contributed by atoms with Crippen molar-refractivity contribution in [2.75, 3.05) is 13.1 Å². The van der Waals surface area contributed by atoms with Crippen molar-refractivity contribution >= 4 is 29.7 Å². The Hall–Kier alpha value is -1.50. The highest BCUT2D eigenvalue weighted by Crippen LogP contribution is 2.21. The second-order valence-electron chi connectivity index (χ2n) is 5.41. The van der Waals surface area contributed by atoms with Gasteiger partial charge in [-0.05, 0) is 37.9 Å². The summed E-state index contributed by atoms with van der Waals surface area (Å²) in [6, 6.07) is 3.94. The summed E-state index contributed by atoms with van der Waals surface area (Å²) in [7, 11) is 0. The van der Waals surface area contributed by atoms with Crippen molar-refractivity contribution in [1.29, 1.82) is 0 Å². The van der Waals surface area contributed by atoms with Crippen LogP contribution in [-0.4, -0.2) is 35.0 Å². The second kappa shape index (κ2) is 8.96. The lowest BCUT2D eigenvalue weighted by Crippen LogP contribution is -2.40. The molecule has 1 atom stereocenters. The summed E-state index contributed by atoms with van der Waals surface area (Å²) in [6.45, 7) is 1.66. The molecule has 23 heavy (non-hydrogen) atoms. The average molecular weight is 353 g/mol. The summed E-state index contributed by atoms with van der Waals surface area (Å²) >= 11 is 1.67. The van der Waals surface area contributed by atoms with Crippen LogP contribution in [0.3, 0.4) is 0 Å². The Bertz CT molecular complexity index is 614. The predicted molar refractivity (Wildman–Crippen MR) is 94.9 cm³/mol. The number of carbonyl (C=O) groups is 1. The Morgan fingerprint density at radius 1 is 1.39 bits per heavy atom. The first-order chi connectivity index (χ1) is 10.8. The molecule has 0 aliphatic carbocycles. The molecule has 0 radical (unpaired) electrons. The van der Waals surface area contributed by atoms with Crippen LogP contribution in [0.5, 0.6) is 0 Å². The zero-order valence-electron chi connectivity index (χ0n) is 12.8. The van der Waals surface area contributed by atoms with E-state index >= 15 is 0 Å². The molecule has 1 saturated heterocycles. The second-order valence-corrected chi connectivity index (χ2v) is 6.35. The first kappa shape index (κ1) is 17.8. The molecule has 3 heterocycles. The summed E-state index contributed by atoms with van der Waals surface area (Å²) in [5.41, 5.74) is 2.10. The number of nitrogens with zero attached hydrogens (tertiary/aromatic N) is 2. The highest BCUT2D eigenvalue weighted by molar-refractivity contribution is 7.09. The molecule has 0 aromatic carbocycles. The summed E-state index contributed by atoms with van der Waals surface area (Å²) in [4.78, 5) is 20.5. The van der Waals surface area contributed by atoms with Crippen LogP contribution in [0, 0.1) is 0 Å². The van der Waals surface area contributed by atoms with Crippen LogP contribution in [-0.2, 0) is 11.2 Å². The van der Waals surface area contributed by atoms with E-state index in [4.69, 9.17) is 0 Å². The molecular weight excluding hydrogens is 332 g/mol. The van der Waals surface area contributed by atoms with Gasteiger partial charge in [-0.3, -0.25) is 9.78 Å². The van der Waals surface area contributed by atoms with Crippen molar-refractivity contribution in [3.05, 3.63) is 34.9 Å². The van der Waals surface area contributed by atoms with Crippen LogP contribution in [0.15, 0.2) is 29.9 Å². The third-order valence-electron chi connectivity index (χ3n) is 3.77. The fourth-order valence-corrected chi connectivity index (χ4v) is 3.41. The molecule has 2 aromatic rings. The molecule has 1 amide bonds. The van der Waals surface area contributed by atoms with Crippen LogP contribution in [0.25, 0.3) is 11.3 Å². The van der Waals surface area contributed by atoms with Gasteiger partial charge in [-0.1, -0.05) is 0 Å². The number of pyridine rings is 1. The monoisotopic (exact) mass is 352 g/mol. The van der Waals surface area contributed by atoms with E-state index in [1.807, 2.05) is 12.1 Å². The normalized spacial score (nSPS) is 16.8. The van der Waals surface area contributed by atoms with Crippen molar-refractivity contribution in [1.82, 2.24) is 20.6 Å². The van der Waals surface area contributed by atoms with Gasteiger partial charge in [-0.25, -0.2) is 4.98 Å². The number of rotatable bonds is 6. The van der Waals surface area contributed by atoms with Gasteiger partial charge in [-0.15, -0.1) is 23.7 Å². The minimum absolute atomic E-state index is 0. The van der Waals surface area contributed by atoms with E-state index in [9.17, 15) is 4.79 Å². The molecule has 124 valence electrons. The number of hydrogen-bond donors (Lipinski definition) is 2. The Morgan fingerprint density at radius 3 is 2.96 bits per heavy atom. The number of thiazole rings is 1. The Kier molecular flexibility index (Phi) is 6.95. The van der Waals surface area contributed by atoms with Gasteiger partial charge in [-0.2, -0.15) is 0 Å². The molecule has 0 bridgehead atoms. The molecule has 7 heteroatoms. The van der Waals surface area contributed by atoms with Crippen molar-refractivity contribution in [3.63, 3.8) is 0 Å². The fraction of sp³-hybridized carbons (Fsp3) is 0.438. The van der Waals surface area contributed by atoms with Gasteiger partial charge >= 0.3 is 0 Å². The number of carbonyl (C=O) groups excluding carboxylic acids is 1. The fourth-order valence-electron chi connectivity index (χ4n) is 2.56. The third kappa shape index (κ3) is 4.99. The van der Waals surface area contributed by atoms with Gasteiger partial charge in [0.15, 0.2) is 0 Å². The molecule has 2 aromatic heterocycles. The molecule has 0 spiro atoms. The zero-order valence-corrected chi connectivity index (χ0v) is 14.5. The highest BCUT2D eigenvalue weighted by Gasteiger charge is 2.21. The third-order valence-corrected chi connectivity index (χ3v) is 4.68. The topological polar surface area (TPSA) is 66.9 Å². The van der Waals surface area contributed by atoms with Gasteiger partial charge in [0.25, 0.3) is 0 Å². The highest BCUT2D eigenvalue weighted by atomic mass is 35.5. The average Bonchev–Trinajstić information content (AvgIpc) is 3.24. The van der Waals surface area contributed by atoms with Crippen molar-refractivity contribution in [2.45, 2.75) is 31.7 Å². The molecule has 0 unspecified atom stereocenters. The van der Waals surface area contributed by atoms with E-state index in [1.165, 1.54) is 0 Å². The van der Waals surface area contributed by atoms with E-state index in [1.54, 1.807) is 23.7 Å². The number of nitrogens with one attached hydrogen (secondary N) is 2. The van der Waals surface area contributed by atoms with Crippen molar-refractivity contribution in [3.8, 4) is 11.3 Å². The molecule has 5 nitrogen and oxygen atoms in total. The first-order valence-electron chi connectivity index (χ1n) is 7.69. The summed E-state index contributed by atoms with van der Waals surface area (Å²) in [5, 5.41) is 9.40. The largest absolute Gasteiger partial charge is 0.355 e. The molecule has 1 aliphatic rings. The molecule has 2 N–H and O–H groups in total. The Labute approximate surface area is 146 Å². The molecular formula is C16H21ClN4OS. The number of hydrogen-bond acceptors (Lipinski definition) is 5. The Balaban J connectivity index is 0.00000192. The number of halogens is 1. The van der Waals surface area contributed by atoms with Crippen molar-refractivity contribution in [2.24, 2.45) is 0 Å². The molecule has 1 fully saturated rings. The standard InChI is InChI=1S/C16H20N4OS.ClH/c21-16(13-3-1-7-18-13)19-8-2-4-15-20-14(11-22-15)12-5-9-17-10-6-12;/h5-6,9-11,13,18H,1-4,7-8H2,(H,19,21);1H/t13-;/m0./s1. The smallest absolute Gasteiger partial charge is 0.237 e. The van der Waals surface area contributed by atoms with Gasteiger partial charge in [0.1, 0.15) is 0 Å². The van der Waals surface area contributed by atoms with E-state index in [2.05, 4.69) is 26.0 Å². The van der Waals surface area contributed by atoms with Crippen LogP contribution in [0.2, 0.25) is 0 Å². The molecule has 1 aliphatic heterocycles. The minimum Gasteiger partial charge on any atom is -0.355 e.